The molecule has 1 aliphatic rings. The van der Waals surface area contributed by atoms with Crippen molar-refractivity contribution in [3.05, 3.63) is 66.7 Å². The number of rotatable bonds is 4. The van der Waals surface area contributed by atoms with E-state index in [1.807, 2.05) is 42.6 Å². The van der Waals surface area contributed by atoms with Crippen molar-refractivity contribution in [1.82, 2.24) is 19.3 Å². The van der Waals surface area contributed by atoms with Crippen molar-refractivity contribution in [2.75, 3.05) is 13.1 Å². The normalized spacial score (nSPS) is 16.6. The van der Waals surface area contributed by atoms with E-state index >= 15 is 0 Å². The highest BCUT2D eigenvalue weighted by Crippen LogP contribution is 2.29. The Morgan fingerprint density at radius 1 is 1.00 bits per heavy atom. The molecular formula is C19H20N4O2S. The maximum atomic E-state index is 13.0. The number of nitrogens with zero attached hydrogens (tertiary/aromatic N) is 3. The third-order valence-electron chi connectivity index (χ3n) is 4.81. The zero-order valence-electron chi connectivity index (χ0n) is 14.2. The van der Waals surface area contributed by atoms with E-state index in [2.05, 4.69) is 15.0 Å². The number of aromatic amines is 1. The van der Waals surface area contributed by atoms with Crippen molar-refractivity contribution in [2.45, 2.75) is 23.8 Å². The number of benzene rings is 1. The molecule has 0 radical (unpaired) electrons. The van der Waals surface area contributed by atoms with Crippen molar-refractivity contribution >= 4 is 10.0 Å². The van der Waals surface area contributed by atoms with Crippen molar-refractivity contribution in [3.63, 3.8) is 0 Å². The van der Waals surface area contributed by atoms with Crippen LogP contribution in [-0.2, 0) is 10.0 Å². The van der Waals surface area contributed by atoms with Gasteiger partial charge in [-0.3, -0.25) is 0 Å². The van der Waals surface area contributed by atoms with E-state index in [0.29, 0.717) is 24.7 Å². The fourth-order valence-electron chi connectivity index (χ4n) is 3.36. The SMILES string of the molecule is O=S(=O)(c1cccc(-c2ccccc2)n1)N1CCC(c2cnc[nH]2)CC1. The van der Waals surface area contributed by atoms with Crippen LogP contribution in [0.3, 0.4) is 0 Å². The Morgan fingerprint density at radius 3 is 2.46 bits per heavy atom. The summed E-state index contributed by atoms with van der Waals surface area (Å²) in [5.74, 6) is 0.326. The number of imidazole rings is 1. The summed E-state index contributed by atoms with van der Waals surface area (Å²) in [6.07, 6.45) is 5.04. The quantitative estimate of drug-likeness (QED) is 0.768. The third kappa shape index (κ3) is 3.27. The van der Waals surface area contributed by atoms with Gasteiger partial charge in [-0.15, -0.1) is 0 Å². The standard InChI is InChI=1S/C19H20N4O2S/c24-26(25,23-11-9-16(10-12-23)18-13-20-14-21-18)19-8-4-7-17(22-19)15-5-2-1-3-6-15/h1-8,13-14,16H,9-12H2,(H,20,21). The molecule has 1 N–H and O–H groups in total. The Labute approximate surface area is 153 Å². The number of pyridine rings is 1. The van der Waals surface area contributed by atoms with Crippen LogP contribution in [0, 0.1) is 0 Å². The van der Waals surface area contributed by atoms with Crippen LogP contribution in [0.25, 0.3) is 11.3 Å². The molecule has 26 heavy (non-hydrogen) atoms. The largest absolute Gasteiger partial charge is 0.348 e. The Kier molecular flexibility index (Phi) is 4.57. The fraction of sp³-hybridized carbons (Fsp3) is 0.263. The van der Waals surface area contributed by atoms with Crippen LogP contribution in [0.1, 0.15) is 24.5 Å². The van der Waals surface area contributed by atoms with Gasteiger partial charge in [0.15, 0.2) is 5.03 Å². The zero-order chi connectivity index (χ0) is 18.0. The van der Waals surface area contributed by atoms with Gasteiger partial charge in [-0.2, -0.15) is 4.31 Å². The van der Waals surface area contributed by atoms with Gasteiger partial charge in [-0.25, -0.2) is 18.4 Å². The average molecular weight is 368 g/mol. The molecule has 3 heterocycles. The maximum absolute atomic E-state index is 13.0. The molecule has 7 heteroatoms. The maximum Gasteiger partial charge on any atom is 0.260 e. The molecule has 1 aromatic carbocycles. The Bertz CT molecular complexity index is 964. The molecule has 4 rings (SSSR count). The van der Waals surface area contributed by atoms with Crippen LogP contribution in [0.5, 0.6) is 0 Å². The molecule has 0 unspecified atom stereocenters. The number of aromatic nitrogens is 3. The molecule has 1 aliphatic heterocycles. The Morgan fingerprint density at radius 2 is 1.77 bits per heavy atom. The van der Waals surface area contributed by atoms with Crippen LogP contribution in [0.15, 0.2) is 66.1 Å². The minimum absolute atomic E-state index is 0.110. The van der Waals surface area contributed by atoms with Crippen LogP contribution >= 0.6 is 0 Å². The lowest BCUT2D eigenvalue weighted by atomic mass is 9.95. The molecule has 6 nitrogen and oxygen atoms in total. The molecule has 1 saturated heterocycles. The molecule has 134 valence electrons. The molecule has 0 saturated carbocycles. The average Bonchev–Trinajstić information content (AvgIpc) is 3.24. The van der Waals surface area contributed by atoms with Gasteiger partial charge in [-0.1, -0.05) is 36.4 Å². The van der Waals surface area contributed by atoms with E-state index in [9.17, 15) is 8.42 Å². The number of hydrogen-bond acceptors (Lipinski definition) is 4. The van der Waals surface area contributed by atoms with E-state index in [1.165, 1.54) is 4.31 Å². The van der Waals surface area contributed by atoms with Crippen LogP contribution in [0.2, 0.25) is 0 Å². The van der Waals surface area contributed by atoms with E-state index in [0.717, 1.165) is 24.1 Å². The molecule has 0 amide bonds. The summed E-state index contributed by atoms with van der Waals surface area (Å²) in [6, 6.07) is 14.8. The lowest BCUT2D eigenvalue weighted by Crippen LogP contribution is -2.38. The predicted molar refractivity (Wildman–Crippen MR) is 99.0 cm³/mol. The van der Waals surface area contributed by atoms with Crippen molar-refractivity contribution in [1.29, 1.82) is 0 Å². The first-order chi connectivity index (χ1) is 12.6. The molecule has 0 spiro atoms. The summed E-state index contributed by atoms with van der Waals surface area (Å²) >= 11 is 0. The van der Waals surface area contributed by atoms with Gasteiger partial charge in [0.2, 0.25) is 0 Å². The number of hydrogen-bond donors (Lipinski definition) is 1. The van der Waals surface area contributed by atoms with Gasteiger partial charge in [0, 0.05) is 36.5 Å². The smallest absolute Gasteiger partial charge is 0.260 e. The lowest BCUT2D eigenvalue weighted by Gasteiger charge is -2.30. The van der Waals surface area contributed by atoms with Crippen molar-refractivity contribution in [2.24, 2.45) is 0 Å². The topological polar surface area (TPSA) is 79.0 Å². The van der Waals surface area contributed by atoms with E-state index in [-0.39, 0.29) is 5.03 Å². The minimum atomic E-state index is -3.59. The van der Waals surface area contributed by atoms with Gasteiger partial charge >= 0.3 is 0 Å². The second kappa shape index (κ2) is 7.01. The summed E-state index contributed by atoms with van der Waals surface area (Å²) in [5.41, 5.74) is 2.65. The molecule has 0 bridgehead atoms. The Balaban J connectivity index is 1.54. The molecule has 2 aromatic heterocycles. The Hall–Kier alpha value is -2.51. The van der Waals surface area contributed by atoms with Gasteiger partial charge in [0.25, 0.3) is 10.0 Å². The minimum Gasteiger partial charge on any atom is -0.348 e. The zero-order valence-corrected chi connectivity index (χ0v) is 15.1. The summed E-state index contributed by atoms with van der Waals surface area (Å²) in [6.45, 7) is 0.979. The molecule has 0 aliphatic carbocycles. The predicted octanol–water partition coefficient (Wildman–Crippen LogP) is 3.04. The summed E-state index contributed by atoms with van der Waals surface area (Å²) in [7, 11) is -3.59. The van der Waals surface area contributed by atoms with Gasteiger partial charge < -0.3 is 4.98 Å². The van der Waals surface area contributed by atoms with Gasteiger partial charge in [0.05, 0.1) is 12.0 Å². The number of nitrogens with one attached hydrogen (secondary N) is 1. The molecule has 3 aromatic rings. The molecule has 1 fully saturated rings. The first-order valence-corrected chi connectivity index (χ1v) is 10.1. The highest BCUT2D eigenvalue weighted by Gasteiger charge is 2.31. The van der Waals surface area contributed by atoms with E-state index in [1.54, 1.807) is 18.5 Å². The van der Waals surface area contributed by atoms with Gasteiger partial charge in [-0.05, 0) is 25.0 Å². The molecular weight excluding hydrogens is 348 g/mol. The second-order valence-corrected chi connectivity index (χ2v) is 8.30. The first-order valence-electron chi connectivity index (χ1n) is 8.65. The fourth-order valence-corrected chi connectivity index (χ4v) is 4.78. The number of piperidine rings is 1. The van der Waals surface area contributed by atoms with Gasteiger partial charge in [0.1, 0.15) is 0 Å². The van der Waals surface area contributed by atoms with E-state index < -0.39 is 10.0 Å². The molecule has 0 atom stereocenters. The van der Waals surface area contributed by atoms with Crippen LogP contribution in [0.4, 0.5) is 0 Å². The highest BCUT2D eigenvalue weighted by atomic mass is 32.2. The highest BCUT2D eigenvalue weighted by molar-refractivity contribution is 7.89. The van der Waals surface area contributed by atoms with Crippen LogP contribution in [-0.4, -0.2) is 40.8 Å². The van der Waals surface area contributed by atoms with Crippen LogP contribution < -0.4 is 0 Å². The van der Waals surface area contributed by atoms with E-state index in [4.69, 9.17) is 0 Å². The lowest BCUT2D eigenvalue weighted by molar-refractivity contribution is 0.316. The van der Waals surface area contributed by atoms with Crippen molar-refractivity contribution in [3.8, 4) is 11.3 Å². The monoisotopic (exact) mass is 368 g/mol. The van der Waals surface area contributed by atoms with Crippen molar-refractivity contribution < 1.29 is 8.42 Å². The first kappa shape index (κ1) is 16.9. The second-order valence-electron chi connectivity index (χ2n) is 6.41. The third-order valence-corrected chi connectivity index (χ3v) is 6.61. The summed E-state index contributed by atoms with van der Waals surface area (Å²) in [5, 5.41) is 0.110. The summed E-state index contributed by atoms with van der Waals surface area (Å²) in [4.78, 5) is 11.6. The number of H-pyrrole nitrogens is 1. The summed E-state index contributed by atoms with van der Waals surface area (Å²) < 4.78 is 27.6. The number of sulfonamides is 1.